The summed E-state index contributed by atoms with van der Waals surface area (Å²) in [4.78, 5) is 2.48. The summed E-state index contributed by atoms with van der Waals surface area (Å²) in [5.74, 6) is 0. The number of aryl methyl sites for hydroxylation is 1. The Hall–Kier alpha value is -6.38. The van der Waals surface area contributed by atoms with Crippen LogP contribution in [0.5, 0.6) is 0 Å². The topological polar surface area (TPSA) is 8.17 Å². The molecule has 0 fully saturated rings. The molecule has 0 atom stereocenters. The van der Waals surface area contributed by atoms with E-state index < -0.39 is 0 Å². The van der Waals surface area contributed by atoms with Crippen LogP contribution in [0, 0.1) is 6.92 Å². The van der Waals surface area contributed by atoms with E-state index in [1.807, 2.05) is 0 Å². The van der Waals surface area contributed by atoms with E-state index in [2.05, 4.69) is 206 Å². The first-order chi connectivity index (χ1) is 25.5. The third kappa shape index (κ3) is 4.50. The maximum absolute atomic E-state index is 2.48. The highest BCUT2D eigenvalue weighted by Crippen LogP contribution is 2.51. The highest BCUT2D eigenvalue weighted by Gasteiger charge is 2.35. The molecule has 10 rings (SSSR count). The lowest BCUT2D eigenvalue weighted by Crippen LogP contribution is -2.14. The third-order valence-corrected chi connectivity index (χ3v) is 11.2. The first-order valence-corrected chi connectivity index (χ1v) is 18.2. The van der Waals surface area contributed by atoms with Crippen LogP contribution in [0.25, 0.3) is 60.5 Å². The molecule has 0 saturated carbocycles. The summed E-state index contributed by atoms with van der Waals surface area (Å²) < 4.78 is 2.40. The Kier molecular flexibility index (Phi) is 6.78. The first kappa shape index (κ1) is 30.4. The zero-order valence-electron chi connectivity index (χ0n) is 29.6. The van der Waals surface area contributed by atoms with Gasteiger partial charge in [0, 0.05) is 32.9 Å². The normalized spacial score (nSPS) is 13.1. The number of aromatic nitrogens is 1. The molecule has 2 nitrogen and oxygen atoms in total. The summed E-state index contributed by atoms with van der Waals surface area (Å²) in [6.45, 7) is 6.87. The molecule has 1 heterocycles. The minimum absolute atomic E-state index is 0.0185. The van der Waals surface area contributed by atoms with Gasteiger partial charge in [0.05, 0.1) is 22.4 Å². The van der Waals surface area contributed by atoms with Gasteiger partial charge >= 0.3 is 0 Å². The van der Waals surface area contributed by atoms with Crippen molar-refractivity contribution in [3.05, 3.63) is 193 Å². The highest BCUT2D eigenvalue weighted by atomic mass is 15.1. The zero-order chi connectivity index (χ0) is 35.0. The van der Waals surface area contributed by atoms with E-state index in [-0.39, 0.29) is 5.41 Å². The predicted molar refractivity (Wildman–Crippen MR) is 221 cm³/mol. The Morgan fingerprint density at radius 1 is 0.462 bits per heavy atom. The number of nitrogens with zero attached hydrogens (tertiary/aromatic N) is 2. The molecule has 248 valence electrons. The first-order valence-electron chi connectivity index (χ1n) is 18.2. The van der Waals surface area contributed by atoms with E-state index in [9.17, 15) is 0 Å². The SMILES string of the molecule is Cc1cccc(N(c2ccc(-c3ccc4c(c3)-c3ccccc3C4(C)C)c3ccccc23)c2cccc3c2c2ccccc2n3-c2ccccc2)c1. The molecule has 1 aliphatic carbocycles. The van der Waals surface area contributed by atoms with Crippen LogP contribution in [0.1, 0.15) is 30.5 Å². The molecule has 9 aromatic rings. The number of para-hydroxylation sites is 2. The molecular weight excluding hydrogens is 629 g/mol. The summed E-state index contributed by atoms with van der Waals surface area (Å²) in [5, 5.41) is 4.92. The van der Waals surface area contributed by atoms with E-state index in [4.69, 9.17) is 0 Å². The van der Waals surface area contributed by atoms with Gasteiger partial charge in [-0.05, 0) is 106 Å². The largest absolute Gasteiger partial charge is 0.309 e. The Balaban J connectivity index is 1.23. The fraction of sp³-hybridized carbons (Fsp3) is 0.0800. The Labute approximate surface area is 304 Å². The maximum Gasteiger partial charge on any atom is 0.0562 e. The maximum atomic E-state index is 2.48. The van der Waals surface area contributed by atoms with E-state index in [0.29, 0.717) is 0 Å². The molecule has 0 spiro atoms. The van der Waals surface area contributed by atoms with Crippen LogP contribution in [0.4, 0.5) is 17.1 Å². The molecule has 8 aromatic carbocycles. The van der Waals surface area contributed by atoms with Crippen molar-refractivity contribution < 1.29 is 0 Å². The summed E-state index contributed by atoms with van der Waals surface area (Å²) in [7, 11) is 0. The van der Waals surface area contributed by atoms with Crippen LogP contribution in [-0.4, -0.2) is 4.57 Å². The number of benzene rings is 8. The molecule has 0 bridgehead atoms. The molecule has 1 aromatic heterocycles. The minimum Gasteiger partial charge on any atom is -0.309 e. The van der Waals surface area contributed by atoms with Gasteiger partial charge in [-0.1, -0.05) is 135 Å². The molecule has 1 aliphatic rings. The highest BCUT2D eigenvalue weighted by molar-refractivity contribution is 6.18. The number of fused-ring (bicyclic) bond motifs is 7. The van der Waals surface area contributed by atoms with Gasteiger partial charge in [0.15, 0.2) is 0 Å². The predicted octanol–water partition coefficient (Wildman–Crippen LogP) is 13.7. The van der Waals surface area contributed by atoms with Crippen molar-refractivity contribution >= 4 is 49.6 Å². The molecule has 0 saturated heterocycles. The van der Waals surface area contributed by atoms with Crippen molar-refractivity contribution in [3.8, 4) is 27.9 Å². The van der Waals surface area contributed by atoms with Gasteiger partial charge in [0.25, 0.3) is 0 Å². The Morgan fingerprint density at radius 3 is 2.00 bits per heavy atom. The van der Waals surface area contributed by atoms with E-state index in [1.165, 1.54) is 71.5 Å². The molecule has 0 amide bonds. The molecular formula is C50H38N2. The van der Waals surface area contributed by atoms with Gasteiger partial charge in [0.2, 0.25) is 0 Å². The minimum atomic E-state index is -0.0185. The monoisotopic (exact) mass is 666 g/mol. The van der Waals surface area contributed by atoms with Crippen molar-refractivity contribution in [2.24, 2.45) is 0 Å². The van der Waals surface area contributed by atoms with Crippen LogP contribution in [0.2, 0.25) is 0 Å². The molecule has 0 N–H and O–H groups in total. The third-order valence-electron chi connectivity index (χ3n) is 11.2. The van der Waals surface area contributed by atoms with Crippen molar-refractivity contribution in [2.45, 2.75) is 26.2 Å². The van der Waals surface area contributed by atoms with Crippen molar-refractivity contribution in [2.75, 3.05) is 4.90 Å². The number of rotatable bonds is 5. The lowest BCUT2D eigenvalue weighted by molar-refractivity contribution is 0.660. The van der Waals surface area contributed by atoms with E-state index in [0.717, 1.165) is 22.7 Å². The van der Waals surface area contributed by atoms with E-state index >= 15 is 0 Å². The summed E-state index contributed by atoms with van der Waals surface area (Å²) in [6.07, 6.45) is 0. The van der Waals surface area contributed by atoms with Crippen LogP contribution < -0.4 is 4.90 Å². The second kappa shape index (κ2) is 11.6. The Morgan fingerprint density at radius 2 is 1.15 bits per heavy atom. The fourth-order valence-corrected chi connectivity index (χ4v) is 8.83. The Bertz CT molecular complexity index is 2840. The second-order valence-electron chi connectivity index (χ2n) is 14.6. The van der Waals surface area contributed by atoms with Crippen molar-refractivity contribution in [3.63, 3.8) is 0 Å². The average molecular weight is 667 g/mol. The quantitative estimate of drug-likeness (QED) is 0.177. The summed E-state index contributed by atoms with van der Waals surface area (Å²) in [5.41, 5.74) is 16.2. The summed E-state index contributed by atoms with van der Waals surface area (Å²) >= 11 is 0. The zero-order valence-corrected chi connectivity index (χ0v) is 29.6. The number of hydrogen-bond acceptors (Lipinski definition) is 1. The van der Waals surface area contributed by atoms with Crippen LogP contribution >= 0.6 is 0 Å². The number of anilines is 3. The van der Waals surface area contributed by atoms with Gasteiger partial charge in [-0.2, -0.15) is 0 Å². The molecule has 52 heavy (non-hydrogen) atoms. The van der Waals surface area contributed by atoms with Gasteiger partial charge < -0.3 is 9.47 Å². The lowest BCUT2D eigenvalue weighted by Gasteiger charge is -2.29. The fourth-order valence-electron chi connectivity index (χ4n) is 8.83. The molecule has 2 heteroatoms. The van der Waals surface area contributed by atoms with E-state index in [1.54, 1.807) is 0 Å². The lowest BCUT2D eigenvalue weighted by atomic mass is 9.82. The average Bonchev–Trinajstić information content (AvgIpc) is 3.64. The second-order valence-corrected chi connectivity index (χ2v) is 14.6. The molecule has 0 radical (unpaired) electrons. The summed E-state index contributed by atoms with van der Waals surface area (Å²) in [6, 6.07) is 64.8. The smallest absolute Gasteiger partial charge is 0.0562 e. The van der Waals surface area contributed by atoms with Crippen molar-refractivity contribution in [1.82, 2.24) is 4.57 Å². The van der Waals surface area contributed by atoms with Crippen LogP contribution in [0.3, 0.4) is 0 Å². The van der Waals surface area contributed by atoms with Gasteiger partial charge in [0.1, 0.15) is 0 Å². The van der Waals surface area contributed by atoms with Crippen molar-refractivity contribution in [1.29, 1.82) is 0 Å². The molecule has 0 unspecified atom stereocenters. The van der Waals surface area contributed by atoms with Gasteiger partial charge in [-0.25, -0.2) is 0 Å². The molecule has 0 aliphatic heterocycles. The number of hydrogen-bond donors (Lipinski definition) is 0. The van der Waals surface area contributed by atoms with Gasteiger partial charge in [-0.15, -0.1) is 0 Å². The van der Waals surface area contributed by atoms with Gasteiger partial charge in [-0.3, -0.25) is 0 Å². The van der Waals surface area contributed by atoms with Crippen LogP contribution in [0.15, 0.2) is 176 Å². The standard InChI is InChI=1S/C50H38N2/c1-33-15-13-18-36(31-33)52(48-26-14-25-47-49(48)41-22-10-12-24-45(41)51(47)35-16-5-4-6-17-35)46-30-28-37(38-19-7-8-21-40(38)46)34-27-29-44-42(32-34)39-20-9-11-23-43(39)50(44,2)3/h4-32H,1-3H3. The van der Waals surface area contributed by atoms with Crippen LogP contribution in [-0.2, 0) is 5.41 Å².